The summed E-state index contributed by atoms with van der Waals surface area (Å²) in [6.45, 7) is 1.98. The third kappa shape index (κ3) is 1.94. The maximum atomic E-state index is 6.00. The van der Waals surface area contributed by atoms with E-state index in [1.807, 2.05) is 36.6 Å². The molecule has 18 heavy (non-hydrogen) atoms. The van der Waals surface area contributed by atoms with E-state index in [0.717, 1.165) is 21.8 Å². The molecule has 3 nitrogen and oxygen atoms in total. The molecule has 0 radical (unpaired) electrons. The molecule has 0 aromatic carbocycles. The summed E-state index contributed by atoms with van der Waals surface area (Å²) < 4.78 is 5.38. The predicted octanol–water partition coefficient (Wildman–Crippen LogP) is 4.43. The Kier molecular flexibility index (Phi) is 2.89. The minimum absolute atomic E-state index is 0.232. The van der Waals surface area contributed by atoms with Crippen molar-refractivity contribution in [2.24, 2.45) is 0 Å². The Balaban J connectivity index is 2.23. The van der Waals surface area contributed by atoms with Crippen LogP contribution in [0.25, 0.3) is 22.0 Å². The molecule has 0 saturated carbocycles. The standard InChI is InChI=1S/C13H9ClN2OS/c1-8-11(9-4-2-6-17-9)15-13(14)16-12(8)10-5-3-7-18-10/h2-7H,1H3. The summed E-state index contributed by atoms with van der Waals surface area (Å²) in [7, 11) is 0. The topological polar surface area (TPSA) is 38.9 Å². The molecule has 0 aliphatic carbocycles. The fourth-order valence-corrected chi connectivity index (χ4v) is 2.74. The first-order valence-corrected chi connectivity index (χ1v) is 6.63. The van der Waals surface area contributed by atoms with Crippen LogP contribution in [0, 0.1) is 6.92 Å². The van der Waals surface area contributed by atoms with Gasteiger partial charge < -0.3 is 4.42 Å². The van der Waals surface area contributed by atoms with Crippen LogP contribution in [0.1, 0.15) is 5.56 Å². The second-order valence-corrected chi connectivity index (χ2v) is 5.06. The summed E-state index contributed by atoms with van der Waals surface area (Å²) in [6, 6.07) is 7.70. The maximum absolute atomic E-state index is 6.00. The highest BCUT2D eigenvalue weighted by molar-refractivity contribution is 7.13. The van der Waals surface area contributed by atoms with E-state index in [0.29, 0.717) is 5.76 Å². The van der Waals surface area contributed by atoms with Gasteiger partial charge in [0, 0.05) is 5.56 Å². The smallest absolute Gasteiger partial charge is 0.223 e. The lowest BCUT2D eigenvalue weighted by molar-refractivity contribution is 0.579. The molecule has 3 heterocycles. The zero-order valence-corrected chi connectivity index (χ0v) is 11.1. The van der Waals surface area contributed by atoms with Crippen molar-refractivity contribution in [3.63, 3.8) is 0 Å². The molecule has 0 aliphatic rings. The molecule has 0 fully saturated rings. The highest BCUT2D eigenvalue weighted by Gasteiger charge is 2.15. The molecule has 0 aliphatic heterocycles. The third-order valence-electron chi connectivity index (χ3n) is 2.63. The van der Waals surface area contributed by atoms with Gasteiger partial charge >= 0.3 is 0 Å². The van der Waals surface area contributed by atoms with Crippen LogP contribution in [0.2, 0.25) is 5.28 Å². The van der Waals surface area contributed by atoms with Crippen LogP contribution in [0.15, 0.2) is 40.3 Å². The van der Waals surface area contributed by atoms with Crippen molar-refractivity contribution in [1.82, 2.24) is 9.97 Å². The SMILES string of the molecule is Cc1c(-c2ccco2)nc(Cl)nc1-c1cccs1. The maximum Gasteiger partial charge on any atom is 0.223 e. The molecule has 3 aromatic rings. The minimum atomic E-state index is 0.232. The van der Waals surface area contributed by atoms with Crippen molar-refractivity contribution in [3.05, 3.63) is 46.8 Å². The molecule has 0 unspecified atom stereocenters. The van der Waals surface area contributed by atoms with E-state index in [1.54, 1.807) is 17.6 Å². The van der Waals surface area contributed by atoms with E-state index < -0.39 is 0 Å². The van der Waals surface area contributed by atoms with Gasteiger partial charge in [0.15, 0.2) is 5.76 Å². The first-order valence-electron chi connectivity index (χ1n) is 5.37. The van der Waals surface area contributed by atoms with Crippen molar-refractivity contribution in [2.75, 3.05) is 0 Å². The molecule has 3 rings (SSSR count). The number of rotatable bonds is 2. The van der Waals surface area contributed by atoms with Gasteiger partial charge in [-0.25, -0.2) is 9.97 Å². The van der Waals surface area contributed by atoms with Gasteiger partial charge in [0.25, 0.3) is 0 Å². The van der Waals surface area contributed by atoms with E-state index in [-0.39, 0.29) is 5.28 Å². The monoisotopic (exact) mass is 276 g/mol. The van der Waals surface area contributed by atoms with Gasteiger partial charge in [0.1, 0.15) is 5.69 Å². The quantitative estimate of drug-likeness (QED) is 0.650. The van der Waals surface area contributed by atoms with Crippen molar-refractivity contribution in [3.8, 4) is 22.0 Å². The zero-order chi connectivity index (χ0) is 12.5. The lowest BCUT2D eigenvalue weighted by Gasteiger charge is -2.07. The Morgan fingerprint density at radius 1 is 1.17 bits per heavy atom. The van der Waals surface area contributed by atoms with E-state index in [1.165, 1.54) is 0 Å². The summed E-state index contributed by atoms with van der Waals surface area (Å²) in [6.07, 6.45) is 1.62. The van der Waals surface area contributed by atoms with Gasteiger partial charge in [-0.1, -0.05) is 6.07 Å². The van der Waals surface area contributed by atoms with E-state index in [4.69, 9.17) is 16.0 Å². The predicted molar refractivity (Wildman–Crippen MR) is 72.8 cm³/mol. The van der Waals surface area contributed by atoms with Gasteiger partial charge in [-0.3, -0.25) is 0 Å². The Hall–Kier alpha value is -1.65. The Labute approximate surface area is 113 Å². The third-order valence-corrected chi connectivity index (χ3v) is 3.67. The Morgan fingerprint density at radius 2 is 2.00 bits per heavy atom. The molecule has 5 heteroatoms. The van der Waals surface area contributed by atoms with Gasteiger partial charge in [0.05, 0.1) is 16.8 Å². The second kappa shape index (κ2) is 4.55. The minimum Gasteiger partial charge on any atom is -0.463 e. The number of hydrogen-bond acceptors (Lipinski definition) is 4. The van der Waals surface area contributed by atoms with Gasteiger partial charge in [0.2, 0.25) is 5.28 Å². The molecule has 90 valence electrons. The number of nitrogens with zero attached hydrogens (tertiary/aromatic N) is 2. The average molecular weight is 277 g/mol. The van der Waals surface area contributed by atoms with Crippen molar-refractivity contribution >= 4 is 22.9 Å². The number of thiophene rings is 1. The number of furan rings is 1. The number of aromatic nitrogens is 2. The van der Waals surface area contributed by atoms with Crippen LogP contribution in [0.4, 0.5) is 0 Å². The first-order chi connectivity index (χ1) is 8.75. The molecular formula is C13H9ClN2OS. The lowest BCUT2D eigenvalue weighted by Crippen LogP contribution is -1.95. The van der Waals surface area contributed by atoms with Crippen LogP contribution >= 0.6 is 22.9 Å². The van der Waals surface area contributed by atoms with Crippen LogP contribution in [0.5, 0.6) is 0 Å². The highest BCUT2D eigenvalue weighted by atomic mass is 35.5. The van der Waals surface area contributed by atoms with Crippen molar-refractivity contribution < 1.29 is 4.42 Å². The van der Waals surface area contributed by atoms with Gasteiger partial charge in [-0.05, 0) is 42.1 Å². The summed E-state index contributed by atoms with van der Waals surface area (Å²) >= 11 is 7.62. The number of halogens is 1. The fourth-order valence-electron chi connectivity index (χ4n) is 1.80. The van der Waals surface area contributed by atoms with Gasteiger partial charge in [-0.2, -0.15) is 0 Å². The summed E-state index contributed by atoms with van der Waals surface area (Å²) in [4.78, 5) is 9.63. The lowest BCUT2D eigenvalue weighted by atomic mass is 10.1. The van der Waals surface area contributed by atoms with Crippen molar-refractivity contribution in [1.29, 1.82) is 0 Å². The first kappa shape index (κ1) is 11.4. The molecule has 0 amide bonds. The molecule has 0 spiro atoms. The molecule has 0 bridgehead atoms. The van der Waals surface area contributed by atoms with Crippen molar-refractivity contribution in [2.45, 2.75) is 6.92 Å². The highest BCUT2D eigenvalue weighted by Crippen LogP contribution is 2.32. The Bertz CT molecular complexity index is 607. The molecule has 3 aromatic heterocycles. The zero-order valence-electron chi connectivity index (χ0n) is 9.55. The summed E-state index contributed by atoms with van der Waals surface area (Å²) in [5.74, 6) is 0.703. The van der Waals surface area contributed by atoms with Crippen LogP contribution in [-0.4, -0.2) is 9.97 Å². The largest absolute Gasteiger partial charge is 0.463 e. The molecule has 0 N–H and O–H groups in total. The Morgan fingerprint density at radius 3 is 2.67 bits per heavy atom. The van der Waals surface area contributed by atoms with E-state index in [2.05, 4.69) is 9.97 Å². The second-order valence-electron chi connectivity index (χ2n) is 3.77. The fraction of sp³-hybridized carbons (Fsp3) is 0.0769. The summed E-state index contributed by atoms with van der Waals surface area (Å²) in [5.41, 5.74) is 2.57. The average Bonchev–Trinajstić information content (AvgIpc) is 3.02. The molecular weight excluding hydrogens is 268 g/mol. The molecule has 0 atom stereocenters. The number of hydrogen-bond donors (Lipinski definition) is 0. The van der Waals surface area contributed by atoms with Crippen LogP contribution in [-0.2, 0) is 0 Å². The summed E-state index contributed by atoms with van der Waals surface area (Å²) in [5, 5.41) is 2.24. The van der Waals surface area contributed by atoms with E-state index >= 15 is 0 Å². The van der Waals surface area contributed by atoms with Crippen LogP contribution < -0.4 is 0 Å². The molecule has 0 saturated heterocycles. The normalized spacial score (nSPS) is 10.8. The van der Waals surface area contributed by atoms with Crippen LogP contribution in [0.3, 0.4) is 0 Å². The van der Waals surface area contributed by atoms with Gasteiger partial charge in [-0.15, -0.1) is 11.3 Å². The van der Waals surface area contributed by atoms with E-state index in [9.17, 15) is 0 Å².